The van der Waals surface area contributed by atoms with E-state index in [1.807, 2.05) is 60.7 Å². The van der Waals surface area contributed by atoms with Gasteiger partial charge >= 0.3 is 17.9 Å². The number of carbonyl (C=O) groups is 3. The smallest absolute Gasteiger partial charge is 0.331 e. The van der Waals surface area contributed by atoms with Crippen molar-refractivity contribution in [1.29, 1.82) is 0 Å². The largest absolute Gasteiger partial charge is 0.481 e. The van der Waals surface area contributed by atoms with Gasteiger partial charge in [0.15, 0.2) is 0 Å². The SMILES string of the molecule is CC/C(=C\C(=O)O)C(=O)O.O=C(O)C(c1ccccc1)c1ccccc1. The van der Waals surface area contributed by atoms with Crippen LogP contribution in [0.1, 0.15) is 30.4 Å². The van der Waals surface area contributed by atoms with E-state index < -0.39 is 23.8 Å². The molecule has 0 amide bonds. The zero-order valence-corrected chi connectivity index (χ0v) is 14.2. The van der Waals surface area contributed by atoms with Gasteiger partial charge in [0.2, 0.25) is 0 Å². The second kappa shape index (κ2) is 10.5. The fourth-order valence-corrected chi connectivity index (χ4v) is 2.23. The average Bonchev–Trinajstić information content (AvgIpc) is 2.61. The third-order valence-electron chi connectivity index (χ3n) is 3.47. The van der Waals surface area contributed by atoms with E-state index in [9.17, 15) is 19.5 Å². The van der Waals surface area contributed by atoms with Crippen LogP contribution in [0, 0.1) is 0 Å². The molecule has 0 saturated heterocycles. The number of carboxylic acid groups (broad SMARTS) is 3. The Labute approximate surface area is 151 Å². The maximum Gasteiger partial charge on any atom is 0.331 e. The summed E-state index contributed by atoms with van der Waals surface area (Å²) in [6.07, 6.45) is 0.921. The highest BCUT2D eigenvalue weighted by atomic mass is 16.4. The molecule has 0 aliphatic heterocycles. The Balaban J connectivity index is 0.000000294. The van der Waals surface area contributed by atoms with Gasteiger partial charge in [-0.1, -0.05) is 67.6 Å². The van der Waals surface area contributed by atoms with Crippen molar-refractivity contribution < 1.29 is 29.7 Å². The van der Waals surface area contributed by atoms with E-state index in [2.05, 4.69) is 0 Å². The molecule has 2 aromatic rings. The highest BCUT2D eigenvalue weighted by Crippen LogP contribution is 2.24. The van der Waals surface area contributed by atoms with Crippen LogP contribution in [0.15, 0.2) is 72.3 Å². The maximum absolute atomic E-state index is 11.3. The molecule has 0 unspecified atom stereocenters. The molecule has 136 valence electrons. The first-order valence-corrected chi connectivity index (χ1v) is 7.86. The Hall–Kier alpha value is -3.41. The summed E-state index contributed by atoms with van der Waals surface area (Å²) in [7, 11) is 0. The Morgan fingerprint density at radius 2 is 1.27 bits per heavy atom. The van der Waals surface area contributed by atoms with Gasteiger partial charge in [0.05, 0.1) is 0 Å². The van der Waals surface area contributed by atoms with Crippen molar-refractivity contribution in [3.05, 3.63) is 83.4 Å². The van der Waals surface area contributed by atoms with Crippen molar-refractivity contribution in [1.82, 2.24) is 0 Å². The lowest BCUT2D eigenvalue weighted by molar-refractivity contribution is -0.138. The summed E-state index contributed by atoms with van der Waals surface area (Å²) in [5.41, 5.74) is 1.52. The first kappa shape index (κ1) is 20.6. The van der Waals surface area contributed by atoms with Crippen LogP contribution < -0.4 is 0 Å². The molecule has 3 N–H and O–H groups in total. The standard InChI is InChI=1S/C14H12O2.C6H8O4/c15-14(16)13(11-7-3-1-4-8-11)12-9-5-2-6-10-12;1-2-4(6(9)10)3-5(7)8/h1-10,13H,(H,15,16);3H,2H2,1H3,(H,7,8)(H,9,10)/b;4-3+. The highest BCUT2D eigenvalue weighted by molar-refractivity contribution is 5.94. The summed E-state index contributed by atoms with van der Waals surface area (Å²) in [5, 5.41) is 25.7. The minimum Gasteiger partial charge on any atom is -0.481 e. The minimum absolute atomic E-state index is 0.0903. The molecular weight excluding hydrogens is 336 g/mol. The van der Waals surface area contributed by atoms with E-state index in [4.69, 9.17) is 10.2 Å². The molecule has 2 aromatic carbocycles. The molecule has 0 fully saturated rings. The molecule has 0 saturated carbocycles. The van der Waals surface area contributed by atoms with Crippen LogP contribution in [0.3, 0.4) is 0 Å². The molecule has 0 atom stereocenters. The number of aliphatic carboxylic acids is 3. The molecule has 6 heteroatoms. The lowest BCUT2D eigenvalue weighted by Crippen LogP contribution is -2.12. The van der Waals surface area contributed by atoms with Crippen molar-refractivity contribution in [2.75, 3.05) is 0 Å². The topological polar surface area (TPSA) is 112 Å². The van der Waals surface area contributed by atoms with E-state index in [0.29, 0.717) is 6.08 Å². The summed E-state index contributed by atoms with van der Waals surface area (Å²) < 4.78 is 0. The summed E-state index contributed by atoms with van der Waals surface area (Å²) in [6, 6.07) is 18.5. The average molecular weight is 356 g/mol. The molecule has 0 radical (unpaired) electrons. The summed E-state index contributed by atoms with van der Waals surface area (Å²) >= 11 is 0. The number of benzene rings is 2. The quantitative estimate of drug-likeness (QED) is 0.684. The van der Waals surface area contributed by atoms with Gasteiger partial charge in [-0.3, -0.25) is 4.79 Å². The predicted octanol–water partition coefficient (Wildman–Crippen LogP) is 3.40. The van der Waals surface area contributed by atoms with Gasteiger partial charge in [0, 0.05) is 11.6 Å². The van der Waals surface area contributed by atoms with Gasteiger partial charge in [-0.15, -0.1) is 0 Å². The van der Waals surface area contributed by atoms with Crippen LogP contribution in [-0.4, -0.2) is 33.2 Å². The zero-order chi connectivity index (χ0) is 19.5. The molecule has 0 bridgehead atoms. The van der Waals surface area contributed by atoms with Crippen LogP contribution >= 0.6 is 0 Å². The van der Waals surface area contributed by atoms with Gasteiger partial charge in [-0.2, -0.15) is 0 Å². The van der Waals surface area contributed by atoms with Crippen LogP contribution in [0.5, 0.6) is 0 Å². The number of hydrogen-bond donors (Lipinski definition) is 3. The zero-order valence-electron chi connectivity index (χ0n) is 14.2. The molecule has 6 nitrogen and oxygen atoms in total. The van der Waals surface area contributed by atoms with Crippen molar-refractivity contribution in [3.63, 3.8) is 0 Å². The number of carboxylic acids is 3. The molecule has 0 aliphatic carbocycles. The van der Waals surface area contributed by atoms with E-state index >= 15 is 0 Å². The summed E-state index contributed by atoms with van der Waals surface area (Å²) in [5.74, 6) is -3.80. The summed E-state index contributed by atoms with van der Waals surface area (Å²) in [6.45, 7) is 1.59. The summed E-state index contributed by atoms with van der Waals surface area (Å²) in [4.78, 5) is 31.4. The normalized spacial score (nSPS) is 10.6. The lowest BCUT2D eigenvalue weighted by Gasteiger charge is -2.12. The first-order chi connectivity index (χ1) is 12.4. The third kappa shape index (κ3) is 6.60. The van der Waals surface area contributed by atoms with Gasteiger partial charge in [0.25, 0.3) is 0 Å². The van der Waals surface area contributed by atoms with Gasteiger partial charge in [-0.05, 0) is 17.5 Å². The minimum atomic E-state index is -1.22. The Bertz CT molecular complexity index is 726. The number of hydrogen-bond acceptors (Lipinski definition) is 3. The van der Waals surface area contributed by atoms with Gasteiger partial charge < -0.3 is 15.3 Å². The monoisotopic (exact) mass is 356 g/mol. The van der Waals surface area contributed by atoms with Crippen LogP contribution in [0.4, 0.5) is 0 Å². The molecule has 0 aliphatic rings. The Morgan fingerprint density at radius 1 is 0.846 bits per heavy atom. The lowest BCUT2D eigenvalue weighted by atomic mass is 9.92. The highest BCUT2D eigenvalue weighted by Gasteiger charge is 2.21. The van der Waals surface area contributed by atoms with Crippen molar-refractivity contribution in [2.45, 2.75) is 19.3 Å². The van der Waals surface area contributed by atoms with Crippen LogP contribution in [0.2, 0.25) is 0 Å². The molecular formula is C20H20O6. The second-order valence-corrected chi connectivity index (χ2v) is 5.26. The maximum atomic E-state index is 11.3. The third-order valence-corrected chi connectivity index (χ3v) is 3.47. The fourth-order valence-electron chi connectivity index (χ4n) is 2.23. The molecule has 0 spiro atoms. The van der Waals surface area contributed by atoms with Crippen molar-refractivity contribution in [3.8, 4) is 0 Å². The predicted molar refractivity (Wildman–Crippen MR) is 96.0 cm³/mol. The van der Waals surface area contributed by atoms with E-state index in [-0.39, 0.29) is 12.0 Å². The number of rotatable bonds is 6. The fraction of sp³-hybridized carbons (Fsp3) is 0.150. The van der Waals surface area contributed by atoms with Gasteiger partial charge in [0.1, 0.15) is 5.92 Å². The van der Waals surface area contributed by atoms with Crippen molar-refractivity contribution in [2.24, 2.45) is 0 Å². The van der Waals surface area contributed by atoms with E-state index in [1.54, 1.807) is 6.92 Å². The first-order valence-electron chi connectivity index (χ1n) is 7.86. The molecule has 2 rings (SSSR count). The van der Waals surface area contributed by atoms with Gasteiger partial charge in [-0.25, -0.2) is 9.59 Å². The van der Waals surface area contributed by atoms with E-state index in [0.717, 1.165) is 11.1 Å². The van der Waals surface area contributed by atoms with Crippen molar-refractivity contribution >= 4 is 17.9 Å². The second-order valence-electron chi connectivity index (χ2n) is 5.26. The molecule has 0 aromatic heterocycles. The van der Waals surface area contributed by atoms with E-state index in [1.165, 1.54) is 0 Å². The molecule has 26 heavy (non-hydrogen) atoms. The Morgan fingerprint density at radius 3 is 1.50 bits per heavy atom. The van der Waals surface area contributed by atoms with Crippen LogP contribution in [0.25, 0.3) is 0 Å². The Kier molecular flexibility index (Phi) is 8.30. The molecule has 0 heterocycles. The van der Waals surface area contributed by atoms with Crippen LogP contribution in [-0.2, 0) is 14.4 Å².